The fraction of sp³-hybridized carbons (Fsp3) is 0.192. The Morgan fingerprint density at radius 1 is 1.15 bits per heavy atom. The van der Waals surface area contributed by atoms with Gasteiger partial charge in [0, 0.05) is 23.7 Å². The fourth-order valence-corrected chi connectivity index (χ4v) is 4.40. The molecule has 0 unspecified atom stereocenters. The molecule has 0 bridgehead atoms. The number of furan rings is 1. The Balaban J connectivity index is 1.46. The lowest BCUT2D eigenvalue weighted by Gasteiger charge is -2.21. The predicted octanol–water partition coefficient (Wildman–Crippen LogP) is 5.98. The van der Waals surface area contributed by atoms with Crippen molar-refractivity contribution >= 4 is 17.5 Å². The van der Waals surface area contributed by atoms with E-state index in [1.165, 1.54) is 12.1 Å². The van der Waals surface area contributed by atoms with E-state index in [0.717, 1.165) is 34.0 Å². The summed E-state index contributed by atoms with van der Waals surface area (Å²) in [5.41, 5.74) is 4.44. The number of amides is 1. The molecule has 0 radical (unpaired) electrons. The van der Waals surface area contributed by atoms with Gasteiger partial charge in [0.05, 0.1) is 22.9 Å². The van der Waals surface area contributed by atoms with E-state index in [2.05, 4.69) is 5.32 Å². The molecule has 5 rings (SSSR count). The molecule has 4 aromatic rings. The topological polar surface area (TPSA) is 56.4 Å². The summed E-state index contributed by atoms with van der Waals surface area (Å²) in [6, 6.07) is 18.0. The van der Waals surface area contributed by atoms with Gasteiger partial charge in [-0.15, -0.1) is 0 Å². The van der Waals surface area contributed by atoms with Crippen LogP contribution < -0.4 is 10.1 Å². The molecule has 0 aliphatic carbocycles. The summed E-state index contributed by atoms with van der Waals surface area (Å²) in [4.78, 5) is 12.5. The normalized spacial score (nSPS) is 12.1. The van der Waals surface area contributed by atoms with Crippen LogP contribution in [-0.4, -0.2) is 10.5 Å². The number of aryl methyl sites for hydroxylation is 2. The van der Waals surface area contributed by atoms with Crippen molar-refractivity contribution in [3.8, 4) is 22.7 Å². The van der Waals surface area contributed by atoms with Crippen molar-refractivity contribution in [3.05, 3.63) is 94.3 Å². The SMILES string of the molecule is Cc1ccc(CNC(=O)CCc2cc3c(n2-c2ccc(F)cc2Cl)-c2ccccc2CO3)o1. The number of ether oxygens (including phenoxy) is 1. The maximum Gasteiger partial charge on any atom is 0.220 e. The lowest BCUT2D eigenvalue weighted by atomic mass is 10.0. The third kappa shape index (κ3) is 4.26. The number of carbonyl (C=O) groups excluding carboxylic acids is 1. The summed E-state index contributed by atoms with van der Waals surface area (Å²) in [5, 5.41) is 3.18. The van der Waals surface area contributed by atoms with Crippen molar-refractivity contribution < 1.29 is 18.3 Å². The first-order valence-electron chi connectivity index (χ1n) is 10.7. The van der Waals surface area contributed by atoms with Crippen LogP contribution >= 0.6 is 11.6 Å². The Hall–Kier alpha value is -3.51. The number of aromatic nitrogens is 1. The molecule has 0 fully saturated rings. The number of nitrogens with one attached hydrogen (secondary N) is 1. The molecule has 1 aliphatic heterocycles. The van der Waals surface area contributed by atoms with Gasteiger partial charge in [0.1, 0.15) is 29.7 Å². The van der Waals surface area contributed by atoms with Gasteiger partial charge in [0.25, 0.3) is 0 Å². The van der Waals surface area contributed by atoms with Crippen molar-refractivity contribution in [3.63, 3.8) is 0 Å². The molecule has 3 heterocycles. The summed E-state index contributed by atoms with van der Waals surface area (Å²) >= 11 is 6.45. The molecular weight excluding hydrogens is 443 g/mol. The lowest BCUT2D eigenvalue weighted by Crippen LogP contribution is -2.23. The minimum absolute atomic E-state index is 0.0960. The van der Waals surface area contributed by atoms with Gasteiger partial charge in [-0.05, 0) is 49.2 Å². The van der Waals surface area contributed by atoms with Gasteiger partial charge in [-0.3, -0.25) is 4.79 Å². The van der Waals surface area contributed by atoms with Gasteiger partial charge in [-0.2, -0.15) is 0 Å². The molecule has 7 heteroatoms. The molecule has 1 N–H and O–H groups in total. The Morgan fingerprint density at radius 3 is 2.79 bits per heavy atom. The third-order valence-corrected chi connectivity index (χ3v) is 6.01. The molecule has 1 aliphatic rings. The van der Waals surface area contributed by atoms with E-state index in [0.29, 0.717) is 31.0 Å². The van der Waals surface area contributed by atoms with Crippen molar-refractivity contribution in [2.24, 2.45) is 0 Å². The zero-order valence-corrected chi connectivity index (χ0v) is 18.8. The van der Waals surface area contributed by atoms with E-state index >= 15 is 0 Å². The number of nitrogens with zero attached hydrogens (tertiary/aromatic N) is 1. The van der Waals surface area contributed by atoms with Crippen molar-refractivity contribution in [2.75, 3.05) is 0 Å². The van der Waals surface area contributed by atoms with Crippen LogP contribution in [0.3, 0.4) is 0 Å². The number of fused-ring (bicyclic) bond motifs is 3. The summed E-state index contributed by atoms with van der Waals surface area (Å²) in [6.07, 6.45) is 0.721. The first-order chi connectivity index (χ1) is 16.0. The minimum atomic E-state index is -0.407. The van der Waals surface area contributed by atoms with Gasteiger partial charge in [0.2, 0.25) is 5.91 Å². The first kappa shape index (κ1) is 21.3. The molecule has 5 nitrogen and oxygen atoms in total. The molecule has 0 atom stereocenters. The molecule has 0 saturated heterocycles. The van der Waals surface area contributed by atoms with Gasteiger partial charge >= 0.3 is 0 Å². The average molecular weight is 465 g/mol. The maximum atomic E-state index is 13.8. The molecule has 0 saturated carbocycles. The number of halogens is 2. The summed E-state index contributed by atoms with van der Waals surface area (Å²) in [6.45, 7) is 2.67. The van der Waals surface area contributed by atoms with Crippen molar-refractivity contribution in [1.82, 2.24) is 9.88 Å². The van der Waals surface area contributed by atoms with Gasteiger partial charge < -0.3 is 19.0 Å². The maximum absolute atomic E-state index is 13.8. The van der Waals surface area contributed by atoms with Gasteiger partial charge in [-0.1, -0.05) is 35.9 Å². The molecule has 1 amide bonds. The highest BCUT2D eigenvalue weighted by Crippen LogP contribution is 2.43. The van der Waals surface area contributed by atoms with Gasteiger partial charge in [0.15, 0.2) is 0 Å². The van der Waals surface area contributed by atoms with Crippen LogP contribution in [0.5, 0.6) is 5.75 Å². The molecule has 0 spiro atoms. The van der Waals surface area contributed by atoms with E-state index in [1.807, 2.05) is 54.0 Å². The van der Waals surface area contributed by atoms with Crippen molar-refractivity contribution in [2.45, 2.75) is 32.9 Å². The quantitative estimate of drug-likeness (QED) is 0.382. The average Bonchev–Trinajstić information content (AvgIpc) is 3.39. The molecule has 168 valence electrons. The monoisotopic (exact) mass is 464 g/mol. The van der Waals surface area contributed by atoms with Crippen LogP contribution in [0.1, 0.15) is 29.2 Å². The van der Waals surface area contributed by atoms with E-state index in [4.69, 9.17) is 20.8 Å². The van der Waals surface area contributed by atoms with E-state index in [1.54, 1.807) is 6.07 Å². The Bertz CT molecular complexity index is 1340. The molecular formula is C26H22ClFN2O3. The highest BCUT2D eigenvalue weighted by atomic mass is 35.5. The van der Waals surface area contributed by atoms with Crippen LogP contribution in [0.15, 0.2) is 65.1 Å². The highest BCUT2D eigenvalue weighted by molar-refractivity contribution is 6.32. The van der Waals surface area contributed by atoms with E-state index < -0.39 is 5.82 Å². The smallest absolute Gasteiger partial charge is 0.220 e. The van der Waals surface area contributed by atoms with E-state index in [9.17, 15) is 9.18 Å². The zero-order valence-electron chi connectivity index (χ0n) is 18.0. The van der Waals surface area contributed by atoms with Crippen LogP contribution in [0.2, 0.25) is 5.02 Å². The predicted molar refractivity (Wildman–Crippen MR) is 124 cm³/mol. The second-order valence-corrected chi connectivity index (χ2v) is 8.42. The Labute approximate surface area is 195 Å². The lowest BCUT2D eigenvalue weighted by molar-refractivity contribution is -0.121. The minimum Gasteiger partial charge on any atom is -0.487 e. The van der Waals surface area contributed by atoms with E-state index in [-0.39, 0.29) is 17.4 Å². The molecule has 2 aromatic heterocycles. The number of carbonyl (C=O) groups is 1. The van der Waals surface area contributed by atoms with Crippen LogP contribution in [-0.2, 0) is 24.4 Å². The largest absolute Gasteiger partial charge is 0.487 e. The Kier molecular flexibility index (Phi) is 5.68. The Morgan fingerprint density at radius 2 is 2.00 bits per heavy atom. The summed E-state index contributed by atoms with van der Waals surface area (Å²) in [7, 11) is 0. The van der Waals surface area contributed by atoms with Crippen LogP contribution in [0.25, 0.3) is 16.9 Å². The third-order valence-electron chi connectivity index (χ3n) is 5.71. The summed E-state index contributed by atoms with van der Waals surface area (Å²) in [5.74, 6) is 1.73. The van der Waals surface area contributed by atoms with Crippen molar-refractivity contribution in [1.29, 1.82) is 0 Å². The van der Waals surface area contributed by atoms with Crippen LogP contribution in [0.4, 0.5) is 4.39 Å². The second-order valence-electron chi connectivity index (χ2n) is 8.01. The zero-order chi connectivity index (χ0) is 22.9. The highest BCUT2D eigenvalue weighted by Gasteiger charge is 2.26. The number of hydrogen-bond acceptors (Lipinski definition) is 3. The number of hydrogen-bond donors (Lipinski definition) is 1. The fourth-order valence-electron chi connectivity index (χ4n) is 4.15. The summed E-state index contributed by atoms with van der Waals surface area (Å²) < 4.78 is 27.3. The second kappa shape index (κ2) is 8.79. The first-order valence-corrected chi connectivity index (χ1v) is 11.1. The standard InChI is InChI=1S/C26H22ClFN2O3/c1-16-6-9-20(33-16)14-29-25(31)11-8-19-13-24-26(21-5-3-2-4-17(21)15-32-24)30(19)23-10-7-18(28)12-22(23)27/h2-7,9-10,12-13H,8,11,14-15H2,1H3,(H,29,31). The van der Waals surface area contributed by atoms with Gasteiger partial charge in [-0.25, -0.2) is 4.39 Å². The molecule has 33 heavy (non-hydrogen) atoms. The number of benzene rings is 2. The number of rotatable bonds is 6. The van der Waals surface area contributed by atoms with Crippen LogP contribution in [0, 0.1) is 12.7 Å². The molecule has 2 aromatic carbocycles.